The highest BCUT2D eigenvalue weighted by molar-refractivity contribution is 5.81. The summed E-state index contributed by atoms with van der Waals surface area (Å²) in [7, 11) is 3.65. The van der Waals surface area contributed by atoms with Crippen molar-refractivity contribution in [3.8, 4) is 0 Å². The molecule has 0 amide bonds. The largest absolute Gasteiger partial charge is 0.377 e. The Hall–Kier alpha value is -1.43. The number of hydrazine groups is 1. The topological polar surface area (TPSA) is 65.1 Å². The lowest BCUT2D eigenvalue weighted by Gasteiger charge is -2.32. The van der Waals surface area contributed by atoms with Gasteiger partial charge < -0.3 is 4.74 Å². The van der Waals surface area contributed by atoms with Gasteiger partial charge in [-0.3, -0.25) is 16.0 Å². The molecule has 0 fully saturated rings. The Balaban J connectivity index is 2.35. The summed E-state index contributed by atoms with van der Waals surface area (Å²) in [6, 6.07) is 8.20. The van der Waals surface area contributed by atoms with Crippen molar-refractivity contribution in [1.29, 1.82) is 0 Å². The first-order chi connectivity index (χ1) is 8.99. The molecule has 1 aromatic heterocycles. The summed E-state index contributed by atoms with van der Waals surface area (Å²) in [5.41, 5.74) is 4.65. The summed E-state index contributed by atoms with van der Waals surface area (Å²) in [6.45, 7) is 4.03. The molecule has 1 aromatic carbocycles. The lowest BCUT2D eigenvalue weighted by Crippen LogP contribution is -2.52. The normalized spacial score (nSPS) is 13.9. The first kappa shape index (κ1) is 14.0. The number of ether oxygens (including phenoxy) is 1. The minimum Gasteiger partial charge on any atom is -0.377 e. The van der Waals surface area contributed by atoms with Crippen LogP contribution >= 0.6 is 0 Å². The van der Waals surface area contributed by atoms with Crippen LogP contribution in [0.5, 0.6) is 0 Å². The highest BCUT2D eigenvalue weighted by Gasteiger charge is 2.29. The number of aromatic nitrogens is 2. The van der Waals surface area contributed by atoms with Crippen LogP contribution in [-0.2, 0) is 18.2 Å². The average Bonchev–Trinajstić information content (AvgIpc) is 2.73. The van der Waals surface area contributed by atoms with Gasteiger partial charge in [0.05, 0.1) is 22.9 Å². The summed E-state index contributed by atoms with van der Waals surface area (Å²) in [5.74, 6) is 5.67. The molecule has 0 aliphatic heterocycles. The molecule has 0 spiro atoms. The second-order valence-electron chi connectivity index (χ2n) is 5.32. The maximum atomic E-state index is 5.67. The minimum atomic E-state index is -0.354. The molecule has 1 atom stereocenters. The summed E-state index contributed by atoms with van der Waals surface area (Å²) in [6.07, 6.45) is 0.721. The molecule has 0 bridgehead atoms. The van der Waals surface area contributed by atoms with Crippen molar-refractivity contribution in [1.82, 2.24) is 15.2 Å². The number of para-hydroxylation sites is 1. The van der Waals surface area contributed by atoms with Gasteiger partial charge in [0.2, 0.25) is 0 Å². The van der Waals surface area contributed by atoms with Crippen LogP contribution in [0.25, 0.3) is 10.9 Å². The fourth-order valence-electron chi connectivity index (χ4n) is 2.28. The van der Waals surface area contributed by atoms with E-state index in [1.807, 2.05) is 37.7 Å². The number of hydrogen-bond acceptors (Lipinski definition) is 4. The number of nitrogens with two attached hydrogens (primary N) is 1. The van der Waals surface area contributed by atoms with Gasteiger partial charge in [0.15, 0.2) is 0 Å². The van der Waals surface area contributed by atoms with Crippen molar-refractivity contribution in [3.05, 3.63) is 30.0 Å². The van der Waals surface area contributed by atoms with Gasteiger partial charge in [-0.25, -0.2) is 0 Å². The third-order valence-electron chi connectivity index (χ3n) is 3.80. The van der Waals surface area contributed by atoms with E-state index in [4.69, 9.17) is 10.6 Å². The van der Waals surface area contributed by atoms with E-state index < -0.39 is 0 Å². The van der Waals surface area contributed by atoms with Crippen LogP contribution in [-0.4, -0.2) is 28.5 Å². The van der Waals surface area contributed by atoms with Gasteiger partial charge in [-0.15, -0.1) is 0 Å². The molecular weight excluding hydrogens is 240 g/mol. The molecule has 1 heterocycles. The SMILES string of the molecule is COC(C)(C)C(Cc1nn(C)c2ccccc12)NN. The van der Waals surface area contributed by atoms with Crippen molar-refractivity contribution >= 4 is 10.9 Å². The van der Waals surface area contributed by atoms with Crippen molar-refractivity contribution in [3.63, 3.8) is 0 Å². The maximum absolute atomic E-state index is 5.67. The van der Waals surface area contributed by atoms with Gasteiger partial charge in [0.25, 0.3) is 0 Å². The van der Waals surface area contributed by atoms with E-state index >= 15 is 0 Å². The Morgan fingerprint density at radius 2 is 2.11 bits per heavy atom. The number of hydrogen-bond donors (Lipinski definition) is 2. The number of nitrogens with one attached hydrogen (secondary N) is 1. The lowest BCUT2D eigenvalue weighted by molar-refractivity contribution is -0.0103. The standard InChI is InChI=1S/C14H22N4O/c1-14(2,19-4)13(16-15)9-11-10-7-5-6-8-12(10)18(3)17-11/h5-8,13,16H,9,15H2,1-4H3. The van der Waals surface area contributed by atoms with E-state index in [1.54, 1.807) is 7.11 Å². The summed E-state index contributed by atoms with van der Waals surface area (Å²) in [4.78, 5) is 0. The molecule has 1 unspecified atom stereocenters. The Labute approximate surface area is 113 Å². The van der Waals surface area contributed by atoms with Crippen LogP contribution in [0.3, 0.4) is 0 Å². The summed E-state index contributed by atoms with van der Waals surface area (Å²) < 4.78 is 7.41. The van der Waals surface area contributed by atoms with Crippen LogP contribution in [0.4, 0.5) is 0 Å². The summed E-state index contributed by atoms with van der Waals surface area (Å²) >= 11 is 0. The molecule has 5 heteroatoms. The smallest absolute Gasteiger partial charge is 0.0792 e. The molecule has 0 saturated carbocycles. The average molecular weight is 262 g/mol. The predicted molar refractivity (Wildman–Crippen MR) is 76.6 cm³/mol. The van der Waals surface area contributed by atoms with Crippen LogP contribution in [0, 0.1) is 0 Å². The minimum absolute atomic E-state index is 0.00388. The van der Waals surface area contributed by atoms with Crippen molar-refractivity contribution in [2.75, 3.05) is 7.11 Å². The molecule has 104 valence electrons. The number of methoxy groups -OCH3 is 1. The molecule has 0 aliphatic rings. The van der Waals surface area contributed by atoms with Gasteiger partial charge in [-0.05, 0) is 19.9 Å². The second-order valence-corrected chi connectivity index (χ2v) is 5.32. The third kappa shape index (κ3) is 2.63. The highest BCUT2D eigenvalue weighted by Crippen LogP contribution is 2.22. The fourth-order valence-corrected chi connectivity index (χ4v) is 2.28. The summed E-state index contributed by atoms with van der Waals surface area (Å²) in [5, 5.41) is 5.75. The Kier molecular flexibility index (Phi) is 3.89. The number of fused-ring (bicyclic) bond motifs is 1. The molecule has 2 rings (SSSR count). The Morgan fingerprint density at radius 3 is 2.74 bits per heavy atom. The first-order valence-corrected chi connectivity index (χ1v) is 6.41. The molecule has 5 nitrogen and oxygen atoms in total. The van der Waals surface area contributed by atoms with Crippen molar-refractivity contribution < 1.29 is 4.74 Å². The van der Waals surface area contributed by atoms with Gasteiger partial charge in [0, 0.05) is 26.0 Å². The number of nitrogens with zero attached hydrogens (tertiary/aromatic N) is 2. The van der Waals surface area contributed by atoms with E-state index in [9.17, 15) is 0 Å². The third-order valence-corrected chi connectivity index (χ3v) is 3.80. The van der Waals surface area contributed by atoms with Gasteiger partial charge in [-0.2, -0.15) is 5.10 Å². The van der Waals surface area contributed by atoms with Gasteiger partial charge >= 0.3 is 0 Å². The maximum Gasteiger partial charge on any atom is 0.0792 e. The molecule has 19 heavy (non-hydrogen) atoms. The molecule has 0 radical (unpaired) electrons. The Morgan fingerprint density at radius 1 is 1.42 bits per heavy atom. The van der Waals surface area contributed by atoms with E-state index in [-0.39, 0.29) is 11.6 Å². The van der Waals surface area contributed by atoms with E-state index in [1.165, 1.54) is 0 Å². The van der Waals surface area contributed by atoms with Crippen LogP contribution < -0.4 is 11.3 Å². The highest BCUT2D eigenvalue weighted by atomic mass is 16.5. The van der Waals surface area contributed by atoms with Crippen LogP contribution in [0.1, 0.15) is 19.5 Å². The predicted octanol–water partition coefficient (Wildman–Crippen LogP) is 1.37. The number of rotatable bonds is 5. The quantitative estimate of drug-likeness (QED) is 0.631. The zero-order chi connectivity index (χ0) is 14.0. The van der Waals surface area contributed by atoms with Crippen molar-refractivity contribution in [2.24, 2.45) is 12.9 Å². The number of aryl methyl sites for hydroxylation is 1. The first-order valence-electron chi connectivity index (χ1n) is 6.41. The van der Waals surface area contributed by atoms with Gasteiger partial charge in [0.1, 0.15) is 0 Å². The monoisotopic (exact) mass is 262 g/mol. The molecule has 3 N–H and O–H groups in total. The van der Waals surface area contributed by atoms with E-state index in [0.717, 1.165) is 23.0 Å². The molecular formula is C14H22N4O. The fraction of sp³-hybridized carbons (Fsp3) is 0.500. The Bertz CT molecular complexity index is 562. The zero-order valence-electron chi connectivity index (χ0n) is 12.0. The molecule has 0 aliphatic carbocycles. The van der Waals surface area contributed by atoms with E-state index in [2.05, 4.69) is 22.7 Å². The lowest BCUT2D eigenvalue weighted by atomic mass is 9.94. The molecule has 0 saturated heterocycles. The second kappa shape index (κ2) is 5.28. The zero-order valence-corrected chi connectivity index (χ0v) is 12.0. The van der Waals surface area contributed by atoms with Crippen LogP contribution in [0.2, 0.25) is 0 Å². The van der Waals surface area contributed by atoms with Gasteiger partial charge in [-0.1, -0.05) is 18.2 Å². The van der Waals surface area contributed by atoms with Crippen molar-refractivity contribution in [2.45, 2.75) is 31.9 Å². The van der Waals surface area contributed by atoms with Crippen LogP contribution in [0.15, 0.2) is 24.3 Å². The van der Waals surface area contributed by atoms with E-state index in [0.29, 0.717) is 0 Å². The number of benzene rings is 1. The molecule has 2 aromatic rings.